The molecule has 1 aliphatic heterocycles. The minimum atomic E-state index is -4.44. The maximum absolute atomic E-state index is 12.8. The fourth-order valence-electron chi connectivity index (χ4n) is 4.21. The molecule has 1 heterocycles. The van der Waals surface area contributed by atoms with Gasteiger partial charge in [0.1, 0.15) is 12.3 Å². The van der Waals surface area contributed by atoms with Gasteiger partial charge in [-0.3, -0.25) is 9.52 Å². The lowest BCUT2D eigenvalue weighted by Gasteiger charge is -2.34. The number of hydrogen-bond acceptors (Lipinski definition) is 11. The van der Waals surface area contributed by atoms with Crippen molar-refractivity contribution in [2.24, 2.45) is 0 Å². The third-order valence-corrected chi connectivity index (χ3v) is 8.56. The SMILES string of the molecule is COC(=O)N(CC(=O)O)S(=O)(=O)c1ccc(N2CCC(NC[C@H](O)c3ccc(O)c(NS(C)(=O)=O)c3)CC2)cc1. The number of carboxylic acids is 1. The van der Waals surface area contributed by atoms with Gasteiger partial charge in [-0.05, 0) is 54.8 Å². The van der Waals surface area contributed by atoms with E-state index in [4.69, 9.17) is 5.11 Å². The molecule has 0 spiro atoms. The van der Waals surface area contributed by atoms with Crippen LogP contribution in [0.2, 0.25) is 0 Å². The summed E-state index contributed by atoms with van der Waals surface area (Å²) in [5.41, 5.74) is 1.15. The van der Waals surface area contributed by atoms with Crippen LogP contribution in [0.15, 0.2) is 47.4 Å². The summed E-state index contributed by atoms with van der Waals surface area (Å²) in [7, 11) is -7.09. The molecule has 1 atom stereocenters. The average molecular weight is 601 g/mol. The molecule has 0 radical (unpaired) electrons. The van der Waals surface area contributed by atoms with Crippen molar-refractivity contribution in [2.45, 2.75) is 29.9 Å². The Balaban J connectivity index is 1.57. The number of hydrogen-bond donors (Lipinski definition) is 5. The highest BCUT2D eigenvalue weighted by molar-refractivity contribution is 7.92. The van der Waals surface area contributed by atoms with Gasteiger partial charge in [0.05, 0.1) is 30.1 Å². The van der Waals surface area contributed by atoms with E-state index in [1.54, 1.807) is 12.1 Å². The molecular formula is C24H32N4O10S2. The van der Waals surface area contributed by atoms with Gasteiger partial charge in [0.25, 0.3) is 10.0 Å². The van der Waals surface area contributed by atoms with Crippen LogP contribution in [0.5, 0.6) is 5.75 Å². The largest absolute Gasteiger partial charge is 0.506 e. The Kier molecular flexibility index (Phi) is 9.83. The highest BCUT2D eigenvalue weighted by Gasteiger charge is 2.32. The lowest BCUT2D eigenvalue weighted by atomic mass is 10.0. The van der Waals surface area contributed by atoms with E-state index in [9.17, 15) is 36.6 Å². The summed E-state index contributed by atoms with van der Waals surface area (Å²) in [5.74, 6) is -1.76. The van der Waals surface area contributed by atoms with Crippen LogP contribution in [0.1, 0.15) is 24.5 Å². The second kappa shape index (κ2) is 12.7. The number of benzene rings is 2. The number of carboxylic acid groups (broad SMARTS) is 1. The number of anilines is 2. The van der Waals surface area contributed by atoms with Gasteiger partial charge in [0.15, 0.2) is 0 Å². The molecule has 14 nitrogen and oxygen atoms in total. The molecule has 0 aliphatic carbocycles. The zero-order valence-electron chi connectivity index (χ0n) is 21.8. The first kappa shape index (κ1) is 30.9. The predicted molar refractivity (Wildman–Crippen MR) is 145 cm³/mol. The standard InChI is InChI=1S/C24H32N4O10S2/c1-38-24(33)28(15-23(31)32)40(36,37)19-6-4-18(5-7-19)27-11-9-17(10-12-27)25-14-22(30)16-3-8-21(29)20(13-16)26-39(2,34)35/h3-8,13,17,22,25-26,29-30H,9-12,14-15H2,1-2H3,(H,31,32)/t22-/m0/s1. The maximum Gasteiger partial charge on any atom is 0.424 e. The molecule has 1 aliphatic rings. The number of phenols is 1. The van der Waals surface area contributed by atoms with E-state index in [0.717, 1.165) is 31.9 Å². The number of piperidine rings is 1. The number of nitrogens with zero attached hydrogens (tertiary/aromatic N) is 2. The lowest BCUT2D eigenvalue weighted by Crippen LogP contribution is -2.43. The first-order valence-electron chi connectivity index (χ1n) is 12.1. The first-order chi connectivity index (χ1) is 18.7. The van der Waals surface area contributed by atoms with E-state index < -0.39 is 44.8 Å². The van der Waals surface area contributed by atoms with E-state index in [2.05, 4.69) is 14.8 Å². The summed E-state index contributed by atoms with van der Waals surface area (Å²) in [6.07, 6.45) is 0.151. The number of carbonyl (C=O) groups is 2. The molecular weight excluding hydrogens is 568 g/mol. The zero-order valence-corrected chi connectivity index (χ0v) is 23.5. The highest BCUT2D eigenvalue weighted by Crippen LogP contribution is 2.28. The maximum atomic E-state index is 12.8. The Bertz CT molecular complexity index is 1420. The first-order valence-corrected chi connectivity index (χ1v) is 15.4. The summed E-state index contributed by atoms with van der Waals surface area (Å²) < 4.78 is 55.4. The number of phenolic OH excluding ortho intramolecular Hbond substituents is 1. The number of ether oxygens (including phenoxy) is 1. The molecule has 5 N–H and O–H groups in total. The van der Waals surface area contributed by atoms with Crippen molar-refractivity contribution in [1.29, 1.82) is 0 Å². The normalized spacial score (nSPS) is 15.3. The van der Waals surface area contributed by atoms with Crippen molar-refractivity contribution in [3.8, 4) is 5.75 Å². The average Bonchev–Trinajstić information content (AvgIpc) is 2.90. The number of amides is 1. The number of carbonyl (C=O) groups excluding carboxylic acids is 1. The second-order valence-corrected chi connectivity index (χ2v) is 12.8. The highest BCUT2D eigenvalue weighted by atomic mass is 32.2. The summed E-state index contributed by atoms with van der Waals surface area (Å²) in [5, 5.41) is 32.7. The number of aliphatic hydroxyl groups is 1. The van der Waals surface area contributed by atoms with Crippen molar-refractivity contribution in [2.75, 3.05) is 49.2 Å². The Labute approximate surface area is 232 Å². The topological polar surface area (TPSA) is 203 Å². The van der Waals surface area contributed by atoms with Gasteiger partial charge in [0, 0.05) is 31.4 Å². The van der Waals surface area contributed by atoms with Gasteiger partial charge >= 0.3 is 12.1 Å². The van der Waals surface area contributed by atoms with Crippen LogP contribution in [0.3, 0.4) is 0 Å². The van der Waals surface area contributed by atoms with Crippen LogP contribution in [0.4, 0.5) is 16.2 Å². The second-order valence-electron chi connectivity index (χ2n) is 9.21. The molecule has 0 aromatic heterocycles. The molecule has 0 bridgehead atoms. The molecule has 2 aromatic carbocycles. The number of nitrogens with one attached hydrogen (secondary N) is 2. The summed E-state index contributed by atoms with van der Waals surface area (Å²) >= 11 is 0. The minimum Gasteiger partial charge on any atom is -0.506 e. The third kappa shape index (κ3) is 7.97. The van der Waals surface area contributed by atoms with Crippen molar-refractivity contribution < 1.29 is 46.5 Å². The minimum absolute atomic E-state index is 0.0222. The zero-order chi connectivity index (χ0) is 29.7. The molecule has 2 aromatic rings. The lowest BCUT2D eigenvalue weighted by molar-refractivity contribution is -0.137. The van der Waals surface area contributed by atoms with E-state index in [1.807, 2.05) is 4.90 Å². The number of rotatable bonds is 11. The monoisotopic (exact) mass is 600 g/mol. The van der Waals surface area contributed by atoms with E-state index in [1.165, 1.54) is 30.3 Å². The van der Waals surface area contributed by atoms with Crippen molar-refractivity contribution >= 4 is 43.5 Å². The molecule has 3 rings (SSSR count). The van der Waals surface area contributed by atoms with Crippen molar-refractivity contribution in [3.05, 3.63) is 48.0 Å². The molecule has 1 fully saturated rings. The number of aromatic hydroxyl groups is 1. The molecule has 1 saturated heterocycles. The summed E-state index contributed by atoms with van der Waals surface area (Å²) in [6.45, 7) is 0.397. The Hall–Kier alpha value is -3.60. The van der Waals surface area contributed by atoms with Crippen LogP contribution in [-0.4, -0.2) is 94.1 Å². The summed E-state index contributed by atoms with van der Waals surface area (Å²) in [6, 6.07) is 10.0. The van der Waals surface area contributed by atoms with Gasteiger partial charge < -0.3 is 30.3 Å². The van der Waals surface area contributed by atoms with Crippen LogP contribution < -0.4 is 14.9 Å². The van der Waals surface area contributed by atoms with Crippen LogP contribution in [-0.2, 0) is 29.6 Å². The molecule has 40 heavy (non-hydrogen) atoms. The number of sulfonamides is 2. The summed E-state index contributed by atoms with van der Waals surface area (Å²) in [4.78, 5) is 24.7. The van der Waals surface area contributed by atoms with Gasteiger partial charge in [-0.25, -0.2) is 21.6 Å². The van der Waals surface area contributed by atoms with Crippen LogP contribution in [0.25, 0.3) is 0 Å². The number of aliphatic carboxylic acids is 1. The number of methoxy groups -OCH3 is 1. The van der Waals surface area contributed by atoms with E-state index in [-0.39, 0.29) is 33.2 Å². The third-order valence-electron chi connectivity index (χ3n) is 6.24. The number of aliphatic hydroxyl groups excluding tert-OH is 1. The molecule has 1 amide bonds. The Morgan fingerprint density at radius 1 is 1.10 bits per heavy atom. The Morgan fingerprint density at radius 3 is 2.27 bits per heavy atom. The molecule has 0 saturated carbocycles. The van der Waals surface area contributed by atoms with Crippen LogP contribution in [0, 0.1) is 0 Å². The Morgan fingerprint density at radius 2 is 1.73 bits per heavy atom. The van der Waals surface area contributed by atoms with Gasteiger partial charge in [0.2, 0.25) is 10.0 Å². The van der Waals surface area contributed by atoms with Crippen molar-refractivity contribution in [1.82, 2.24) is 9.62 Å². The predicted octanol–water partition coefficient (Wildman–Crippen LogP) is 0.897. The smallest absolute Gasteiger partial charge is 0.424 e. The molecule has 220 valence electrons. The van der Waals surface area contributed by atoms with E-state index >= 15 is 0 Å². The fourth-order valence-corrected chi connectivity index (χ4v) is 6.06. The van der Waals surface area contributed by atoms with Gasteiger partial charge in [-0.1, -0.05) is 6.07 Å². The van der Waals surface area contributed by atoms with Gasteiger partial charge in [-0.15, -0.1) is 0 Å². The van der Waals surface area contributed by atoms with E-state index in [0.29, 0.717) is 18.7 Å². The molecule has 0 unspecified atom stereocenters. The van der Waals surface area contributed by atoms with Crippen LogP contribution >= 0.6 is 0 Å². The van der Waals surface area contributed by atoms with Crippen molar-refractivity contribution in [3.63, 3.8) is 0 Å². The quantitative estimate of drug-likeness (QED) is 0.228. The fraction of sp³-hybridized carbons (Fsp3) is 0.417. The van der Waals surface area contributed by atoms with Gasteiger partial charge in [-0.2, -0.15) is 4.31 Å². The molecule has 16 heteroatoms.